The van der Waals surface area contributed by atoms with Gasteiger partial charge in [-0.1, -0.05) is 0 Å². The number of hydrogen-bond acceptors (Lipinski definition) is 6. The lowest BCUT2D eigenvalue weighted by atomic mass is 10.2. The van der Waals surface area contributed by atoms with Crippen molar-refractivity contribution in [2.75, 3.05) is 18.9 Å². The van der Waals surface area contributed by atoms with Gasteiger partial charge in [0, 0.05) is 29.8 Å². The summed E-state index contributed by atoms with van der Waals surface area (Å²) < 4.78 is 67.9. The number of fused-ring (bicyclic) bond motifs is 1. The van der Waals surface area contributed by atoms with Crippen LogP contribution in [0.5, 0.6) is 23.0 Å². The van der Waals surface area contributed by atoms with Crippen molar-refractivity contribution in [1.29, 1.82) is 0 Å². The summed E-state index contributed by atoms with van der Waals surface area (Å²) in [6, 6.07) is 6.38. The molecule has 11 heteroatoms. The highest BCUT2D eigenvalue weighted by Crippen LogP contribution is 2.37. The summed E-state index contributed by atoms with van der Waals surface area (Å²) in [5, 5.41) is 5.25. The lowest BCUT2D eigenvalue weighted by Crippen LogP contribution is -2.23. The largest absolute Gasteiger partial charge is 0.493 e. The number of halogens is 2. The van der Waals surface area contributed by atoms with Crippen LogP contribution in [-0.4, -0.2) is 27.6 Å². The first-order valence-electron chi connectivity index (χ1n) is 7.70. The number of anilines is 1. The number of hydrogen-bond donors (Lipinski definition) is 2. The van der Waals surface area contributed by atoms with Gasteiger partial charge in [-0.3, -0.25) is 9.71 Å². The standard InChI is InChI=1S/C17H15F2N3O5S/c1-25-15-7-10-13(8-16(15)26-2)21-4-3-14(10)27-9-5-11(18)17(12(19)6-9)22-28(20,23)24/h3-8,22H,1-2H3,(H2,20,23,24). The van der Waals surface area contributed by atoms with Crippen LogP contribution in [0, 0.1) is 11.6 Å². The summed E-state index contributed by atoms with van der Waals surface area (Å²) in [6.07, 6.45) is 1.45. The molecule has 0 atom stereocenters. The zero-order valence-electron chi connectivity index (χ0n) is 14.7. The number of aromatic nitrogens is 1. The maximum absolute atomic E-state index is 14.1. The average Bonchev–Trinajstić information content (AvgIpc) is 2.63. The third-order valence-electron chi connectivity index (χ3n) is 3.69. The molecule has 0 amide bonds. The van der Waals surface area contributed by atoms with E-state index in [-0.39, 0.29) is 11.5 Å². The maximum atomic E-state index is 14.1. The van der Waals surface area contributed by atoms with Gasteiger partial charge in [-0.2, -0.15) is 8.42 Å². The number of benzene rings is 2. The first-order valence-corrected chi connectivity index (χ1v) is 9.24. The minimum Gasteiger partial charge on any atom is -0.493 e. The first kappa shape index (κ1) is 19.6. The van der Waals surface area contributed by atoms with E-state index < -0.39 is 27.5 Å². The Morgan fingerprint density at radius 3 is 2.18 bits per heavy atom. The van der Waals surface area contributed by atoms with Crippen molar-refractivity contribution in [3.05, 3.63) is 48.2 Å². The van der Waals surface area contributed by atoms with Gasteiger partial charge in [0.1, 0.15) is 17.2 Å². The molecule has 148 valence electrons. The van der Waals surface area contributed by atoms with Crippen LogP contribution >= 0.6 is 0 Å². The zero-order chi connectivity index (χ0) is 20.5. The van der Waals surface area contributed by atoms with E-state index in [1.807, 2.05) is 0 Å². The minimum absolute atomic E-state index is 0.197. The lowest BCUT2D eigenvalue weighted by molar-refractivity contribution is 0.355. The highest BCUT2D eigenvalue weighted by atomic mass is 32.2. The van der Waals surface area contributed by atoms with Crippen molar-refractivity contribution >= 4 is 26.8 Å². The fourth-order valence-electron chi connectivity index (χ4n) is 2.51. The van der Waals surface area contributed by atoms with Crippen LogP contribution in [-0.2, 0) is 10.2 Å². The van der Waals surface area contributed by atoms with E-state index in [2.05, 4.69) is 4.98 Å². The van der Waals surface area contributed by atoms with E-state index in [0.717, 1.165) is 12.1 Å². The van der Waals surface area contributed by atoms with Gasteiger partial charge in [0.05, 0.1) is 19.7 Å². The molecule has 1 heterocycles. The van der Waals surface area contributed by atoms with E-state index >= 15 is 0 Å². The topological polar surface area (TPSA) is 113 Å². The van der Waals surface area contributed by atoms with E-state index in [9.17, 15) is 17.2 Å². The summed E-state index contributed by atoms with van der Waals surface area (Å²) >= 11 is 0. The van der Waals surface area contributed by atoms with Gasteiger partial charge in [0.15, 0.2) is 23.1 Å². The first-order chi connectivity index (χ1) is 13.2. The number of nitrogens with zero attached hydrogens (tertiary/aromatic N) is 1. The van der Waals surface area contributed by atoms with Crippen molar-refractivity contribution in [2.45, 2.75) is 0 Å². The van der Waals surface area contributed by atoms with Crippen molar-refractivity contribution in [3.63, 3.8) is 0 Å². The molecular weight excluding hydrogens is 396 g/mol. The van der Waals surface area contributed by atoms with Gasteiger partial charge < -0.3 is 14.2 Å². The van der Waals surface area contributed by atoms with Gasteiger partial charge >= 0.3 is 0 Å². The summed E-state index contributed by atoms with van der Waals surface area (Å²) in [5.74, 6) is -1.47. The Morgan fingerprint density at radius 2 is 1.61 bits per heavy atom. The van der Waals surface area contributed by atoms with Crippen LogP contribution in [0.25, 0.3) is 10.9 Å². The van der Waals surface area contributed by atoms with E-state index in [4.69, 9.17) is 19.3 Å². The Labute approximate surface area is 159 Å². The van der Waals surface area contributed by atoms with Crippen molar-refractivity contribution in [2.24, 2.45) is 5.14 Å². The van der Waals surface area contributed by atoms with E-state index in [1.165, 1.54) is 26.5 Å². The average molecular weight is 411 g/mol. The zero-order valence-corrected chi connectivity index (χ0v) is 15.5. The van der Waals surface area contributed by atoms with E-state index in [0.29, 0.717) is 22.4 Å². The third kappa shape index (κ3) is 4.05. The van der Waals surface area contributed by atoms with Crippen LogP contribution in [0.2, 0.25) is 0 Å². The normalized spacial score (nSPS) is 11.3. The molecular formula is C17H15F2N3O5S. The molecule has 0 aliphatic heterocycles. The number of methoxy groups -OCH3 is 2. The summed E-state index contributed by atoms with van der Waals surface area (Å²) in [7, 11) is -1.40. The number of ether oxygens (including phenoxy) is 3. The summed E-state index contributed by atoms with van der Waals surface area (Å²) in [5.41, 5.74) is -0.399. The fourth-order valence-corrected chi connectivity index (χ4v) is 2.99. The van der Waals surface area contributed by atoms with Crippen molar-refractivity contribution < 1.29 is 31.4 Å². The molecule has 0 unspecified atom stereocenters. The molecule has 0 aliphatic carbocycles. The molecule has 0 radical (unpaired) electrons. The molecule has 0 saturated carbocycles. The number of pyridine rings is 1. The highest BCUT2D eigenvalue weighted by Gasteiger charge is 2.17. The third-order valence-corrected chi connectivity index (χ3v) is 4.18. The number of rotatable bonds is 6. The molecule has 2 aromatic carbocycles. The van der Waals surface area contributed by atoms with Crippen LogP contribution in [0.1, 0.15) is 0 Å². The monoisotopic (exact) mass is 411 g/mol. The smallest absolute Gasteiger partial charge is 0.296 e. The molecule has 0 aliphatic rings. The van der Waals surface area contributed by atoms with Crippen molar-refractivity contribution in [3.8, 4) is 23.0 Å². The second-order valence-corrected chi connectivity index (χ2v) is 6.84. The molecule has 1 aromatic heterocycles. The van der Waals surface area contributed by atoms with Gasteiger partial charge in [-0.15, -0.1) is 0 Å². The second kappa shape index (κ2) is 7.44. The Bertz CT molecular complexity index is 1130. The molecule has 28 heavy (non-hydrogen) atoms. The number of nitrogens with one attached hydrogen (secondary N) is 1. The molecule has 8 nitrogen and oxygen atoms in total. The second-order valence-electron chi connectivity index (χ2n) is 5.54. The molecule has 0 bridgehead atoms. The van der Waals surface area contributed by atoms with Gasteiger partial charge in [-0.25, -0.2) is 13.9 Å². The van der Waals surface area contributed by atoms with Gasteiger partial charge in [0.2, 0.25) is 0 Å². The molecule has 3 N–H and O–H groups in total. The van der Waals surface area contributed by atoms with Crippen molar-refractivity contribution in [1.82, 2.24) is 4.98 Å². The Hall–Kier alpha value is -3.18. The Balaban J connectivity index is 2.03. The summed E-state index contributed by atoms with van der Waals surface area (Å²) in [4.78, 5) is 4.20. The summed E-state index contributed by atoms with van der Waals surface area (Å²) in [6.45, 7) is 0. The molecule has 0 spiro atoms. The fraction of sp³-hybridized carbons (Fsp3) is 0.118. The predicted octanol–water partition coefficient (Wildman–Crippen LogP) is 2.94. The highest BCUT2D eigenvalue weighted by molar-refractivity contribution is 7.90. The maximum Gasteiger partial charge on any atom is 0.296 e. The Kier molecular flexibility index (Phi) is 5.21. The molecule has 0 fully saturated rings. The van der Waals surface area contributed by atoms with Crippen LogP contribution in [0.4, 0.5) is 14.5 Å². The van der Waals surface area contributed by atoms with Crippen LogP contribution < -0.4 is 24.1 Å². The SMILES string of the molecule is COc1cc2nccc(Oc3cc(F)c(NS(N)(=O)=O)c(F)c3)c2cc1OC. The Morgan fingerprint density at radius 1 is 1.00 bits per heavy atom. The van der Waals surface area contributed by atoms with Gasteiger partial charge in [0.25, 0.3) is 10.2 Å². The minimum atomic E-state index is -4.34. The van der Waals surface area contributed by atoms with Crippen LogP contribution in [0.3, 0.4) is 0 Å². The lowest BCUT2D eigenvalue weighted by Gasteiger charge is -2.13. The molecule has 3 rings (SSSR count). The van der Waals surface area contributed by atoms with Gasteiger partial charge in [-0.05, 0) is 12.1 Å². The van der Waals surface area contributed by atoms with Crippen LogP contribution in [0.15, 0.2) is 36.5 Å². The van der Waals surface area contributed by atoms with E-state index in [1.54, 1.807) is 16.9 Å². The predicted molar refractivity (Wildman–Crippen MR) is 98.0 cm³/mol. The number of nitrogens with two attached hydrogens (primary N) is 1. The quantitative estimate of drug-likeness (QED) is 0.645. The molecule has 3 aromatic rings. The molecule has 0 saturated heterocycles.